The molecular formula is C11H26O. The van der Waals surface area contributed by atoms with Crippen LogP contribution >= 0.6 is 0 Å². The lowest BCUT2D eigenvalue weighted by atomic mass is 10.2. The second kappa shape index (κ2) is 13.5. The van der Waals surface area contributed by atoms with Crippen molar-refractivity contribution in [3.63, 3.8) is 0 Å². The Hall–Kier alpha value is -0.0400. The molecule has 0 saturated carbocycles. The minimum atomic E-state index is 0.833. The van der Waals surface area contributed by atoms with Gasteiger partial charge in [0, 0.05) is 13.2 Å². The SMILES string of the molecule is C1CCOCC1.CC.CC(C)C. The normalized spacial score (nSPS) is 15.5. The summed E-state index contributed by atoms with van der Waals surface area (Å²) in [7, 11) is 0. The van der Waals surface area contributed by atoms with Crippen LogP contribution in [0.3, 0.4) is 0 Å². The predicted octanol–water partition coefficient (Wildman–Crippen LogP) is 3.88. The Bertz CT molecular complexity index is 41.8. The van der Waals surface area contributed by atoms with E-state index in [1.165, 1.54) is 19.3 Å². The Morgan fingerprint density at radius 3 is 1.25 bits per heavy atom. The first-order valence-electron chi connectivity index (χ1n) is 5.31. The summed E-state index contributed by atoms with van der Waals surface area (Å²) < 4.78 is 5.07. The molecule has 1 rings (SSSR count). The van der Waals surface area contributed by atoms with Crippen molar-refractivity contribution in [3.05, 3.63) is 0 Å². The Labute approximate surface area is 78.5 Å². The van der Waals surface area contributed by atoms with E-state index in [2.05, 4.69) is 20.8 Å². The van der Waals surface area contributed by atoms with E-state index in [0.717, 1.165) is 19.1 Å². The summed E-state index contributed by atoms with van der Waals surface area (Å²) in [5, 5.41) is 0. The molecule has 0 bridgehead atoms. The lowest BCUT2D eigenvalue weighted by molar-refractivity contribution is 0.0968. The maximum atomic E-state index is 5.07. The second-order valence-corrected chi connectivity index (χ2v) is 3.41. The highest BCUT2D eigenvalue weighted by molar-refractivity contribution is 4.45. The molecular weight excluding hydrogens is 148 g/mol. The van der Waals surface area contributed by atoms with Gasteiger partial charge >= 0.3 is 0 Å². The third-order valence-electron chi connectivity index (χ3n) is 1.08. The number of hydrogen-bond donors (Lipinski definition) is 0. The molecule has 1 aliphatic rings. The molecule has 0 aromatic rings. The molecule has 1 nitrogen and oxygen atoms in total. The molecule has 0 amide bonds. The summed E-state index contributed by atoms with van der Waals surface area (Å²) in [4.78, 5) is 0. The van der Waals surface area contributed by atoms with Crippen molar-refractivity contribution >= 4 is 0 Å². The standard InChI is InChI=1S/C5H10O.C4H10.C2H6/c1-2-4-6-5-3-1;1-4(2)3;1-2/h1-5H2;4H,1-3H3;1-2H3. The van der Waals surface area contributed by atoms with Crippen LogP contribution in [0.2, 0.25) is 0 Å². The zero-order chi connectivity index (χ0) is 9.82. The molecule has 0 aliphatic carbocycles. The molecule has 1 aliphatic heterocycles. The molecule has 0 N–H and O–H groups in total. The van der Waals surface area contributed by atoms with Gasteiger partial charge in [0.15, 0.2) is 0 Å². The molecule has 0 spiro atoms. The van der Waals surface area contributed by atoms with Gasteiger partial charge in [0.2, 0.25) is 0 Å². The quantitative estimate of drug-likeness (QED) is 0.541. The van der Waals surface area contributed by atoms with Gasteiger partial charge in [-0.2, -0.15) is 0 Å². The minimum Gasteiger partial charge on any atom is -0.381 e. The lowest BCUT2D eigenvalue weighted by Gasteiger charge is -2.08. The van der Waals surface area contributed by atoms with Crippen molar-refractivity contribution < 1.29 is 4.74 Å². The van der Waals surface area contributed by atoms with E-state index >= 15 is 0 Å². The smallest absolute Gasteiger partial charge is 0.0466 e. The van der Waals surface area contributed by atoms with Crippen LogP contribution in [0, 0.1) is 5.92 Å². The van der Waals surface area contributed by atoms with Crippen molar-refractivity contribution in [2.45, 2.75) is 53.9 Å². The van der Waals surface area contributed by atoms with Crippen LogP contribution in [0.15, 0.2) is 0 Å². The zero-order valence-electron chi connectivity index (χ0n) is 9.52. The molecule has 0 aromatic carbocycles. The molecule has 1 heteroatoms. The van der Waals surface area contributed by atoms with Crippen molar-refractivity contribution in [3.8, 4) is 0 Å². The molecule has 76 valence electrons. The van der Waals surface area contributed by atoms with Gasteiger partial charge in [-0.25, -0.2) is 0 Å². The van der Waals surface area contributed by atoms with Crippen LogP contribution in [0.1, 0.15) is 53.9 Å². The molecule has 1 fully saturated rings. The van der Waals surface area contributed by atoms with Crippen molar-refractivity contribution in [2.75, 3.05) is 13.2 Å². The van der Waals surface area contributed by atoms with E-state index in [1.54, 1.807) is 0 Å². The Morgan fingerprint density at radius 2 is 1.17 bits per heavy atom. The zero-order valence-corrected chi connectivity index (χ0v) is 9.52. The van der Waals surface area contributed by atoms with Crippen LogP contribution in [-0.4, -0.2) is 13.2 Å². The molecule has 0 atom stereocenters. The Balaban J connectivity index is 0. The van der Waals surface area contributed by atoms with Gasteiger partial charge in [-0.3, -0.25) is 0 Å². The van der Waals surface area contributed by atoms with Crippen molar-refractivity contribution in [1.29, 1.82) is 0 Å². The van der Waals surface area contributed by atoms with E-state index in [4.69, 9.17) is 4.74 Å². The summed E-state index contributed by atoms with van der Waals surface area (Å²) in [6.07, 6.45) is 3.93. The van der Waals surface area contributed by atoms with Gasteiger partial charge in [-0.05, 0) is 25.2 Å². The first-order valence-corrected chi connectivity index (χ1v) is 5.31. The summed E-state index contributed by atoms with van der Waals surface area (Å²) in [6, 6.07) is 0. The molecule has 1 heterocycles. The monoisotopic (exact) mass is 174 g/mol. The van der Waals surface area contributed by atoms with E-state index in [1.807, 2.05) is 13.8 Å². The van der Waals surface area contributed by atoms with Crippen molar-refractivity contribution in [1.82, 2.24) is 0 Å². The maximum Gasteiger partial charge on any atom is 0.0466 e. The highest BCUT2D eigenvalue weighted by Crippen LogP contribution is 2.02. The van der Waals surface area contributed by atoms with E-state index in [0.29, 0.717) is 0 Å². The predicted molar refractivity (Wildman–Crippen MR) is 56.5 cm³/mol. The largest absolute Gasteiger partial charge is 0.381 e. The highest BCUT2D eigenvalue weighted by atomic mass is 16.5. The Kier molecular flexibility index (Phi) is 16.3. The number of hydrogen-bond acceptors (Lipinski definition) is 1. The van der Waals surface area contributed by atoms with Crippen molar-refractivity contribution in [2.24, 2.45) is 5.92 Å². The average molecular weight is 174 g/mol. The first kappa shape index (κ1) is 14.5. The molecule has 12 heavy (non-hydrogen) atoms. The fraction of sp³-hybridized carbons (Fsp3) is 1.00. The van der Waals surface area contributed by atoms with Gasteiger partial charge < -0.3 is 4.74 Å². The lowest BCUT2D eigenvalue weighted by Crippen LogP contribution is -2.03. The highest BCUT2D eigenvalue weighted by Gasteiger charge is 1.94. The fourth-order valence-corrected chi connectivity index (χ4v) is 0.687. The fourth-order valence-electron chi connectivity index (χ4n) is 0.687. The summed E-state index contributed by atoms with van der Waals surface area (Å²) >= 11 is 0. The number of ether oxygens (including phenoxy) is 1. The van der Waals surface area contributed by atoms with Gasteiger partial charge in [-0.1, -0.05) is 34.6 Å². The van der Waals surface area contributed by atoms with E-state index in [9.17, 15) is 0 Å². The van der Waals surface area contributed by atoms with E-state index < -0.39 is 0 Å². The molecule has 1 saturated heterocycles. The minimum absolute atomic E-state index is 0.833. The van der Waals surface area contributed by atoms with Crippen LogP contribution in [-0.2, 0) is 4.74 Å². The number of rotatable bonds is 0. The first-order chi connectivity index (χ1) is 5.73. The van der Waals surface area contributed by atoms with Crippen LogP contribution in [0.4, 0.5) is 0 Å². The van der Waals surface area contributed by atoms with Gasteiger partial charge in [0.05, 0.1) is 0 Å². The van der Waals surface area contributed by atoms with Gasteiger partial charge in [0.1, 0.15) is 0 Å². The summed E-state index contributed by atoms with van der Waals surface area (Å²) in [5.41, 5.74) is 0. The second-order valence-electron chi connectivity index (χ2n) is 3.41. The average Bonchev–Trinajstić information content (AvgIpc) is 2.10. The molecule has 0 unspecified atom stereocenters. The molecule has 0 aromatic heterocycles. The van der Waals surface area contributed by atoms with Gasteiger partial charge in [-0.15, -0.1) is 0 Å². The third kappa shape index (κ3) is 22.5. The third-order valence-corrected chi connectivity index (χ3v) is 1.08. The van der Waals surface area contributed by atoms with E-state index in [-0.39, 0.29) is 0 Å². The van der Waals surface area contributed by atoms with Crippen LogP contribution in [0.25, 0.3) is 0 Å². The topological polar surface area (TPSA) is 9.23 Å². The summed E-state index contributed by atoms with van der Waals surface area (Å²) in [5.74, 6) is 0.833. The maximum absolute atomic E-state index is 5.07. The Morgan fingerprint density at radius 1 is 0.833 bits per heavy atom. The molecule has 0 radical (unpaired) electrons. The van der Waals surface area contributed by atoms with Crippen LogP contribution in [0.5, 0.6) is 0 Å². The van der Waals surface area contributed by atoms with Gasteiger partial charge in [0.25, 0.3) is 0 Å². The summed E-state index contributed by atoms with van der Waals surface area (Å²) in [6.45, 7) is 12.5. The van der Waals surface area contributed by atoms with Crippen LogP contribution < -0.4 is 0 Å².